The van der Waals surface area contributed by atoms with Crippen LogP contribution in [0.1, 0.15) is 11.1 Å². The summed E-state index contributed by atoms with van der Waals surface area (Å²) in [6, 6.07) is 11.2. The molecule has 2 aromatic carbocycles. The molecule has 0 saturated carbocycles. The van der Waals surface area contributed by atoms with E-state index in [9.17, 15) is 4.79 Å². The molecule has 0 atom stereocenters. The zero-order chi connectivity index (χ0) is 17.5. The van der Waals surface area contributed by atoms with Gasteiger partial charge in [-0.15, -0.1) is 0 Å². The van der Waals surface area contributed by atoms with Gasteiger partial charge in [0.15, 0.2) is 6.61 Å². The van der Waals surface area contributed by atoms with E-state index in [2.05, 4.69) is 27.3 Å². The largest absolute Gasteiger partial charge is 0.496 e. The third kappa shape index (κ3) is 5.42. The van der Waals surface area contributed by atoms with Crippen LogP contribution in [0.5, 0.6) is 11.5 Å². The molecule has 0 unspecified atom stereocenters. The van der Waals surface area contributed by atoms with Gasteiger partial charge in [0.25, 0.3) is 5.91 Å². The van der Waals surface area contributed by atoms with Crippen LogP contribution in [0.4, 0.5) is 0 Å². The molecule has 0 aliphatic heterocycles. The first-order valence-electron chi connectivity index (χ1n) is 7.47. The predicted octanol–water partition coefficient (Wildman–Crippen LogP) is 4.16. The fraction of sp³-hybridized carbons (Fsp3) is 0.278. The lowest BCUT2D eigenvalue weighted by Gasteiger charge is -2.11. The summed E-state index contributed by atoms with van der Waals surface area (Å²) in [5.74, 6) is 1.23. The van der Waals surface area contributed by atoms with Gasteiger partial charge in [-0.05, 0) is 59.1 Å². The first kappa shape index (κ1) is 18.6. The summed E-state index contributed by atoms with van der Waals surface area (Å²) in [5.41, 5.74) is 2.23. The second kappa shape index (κ2) is 8.94. The Hall–Kier alpha value is -1.72. The van der Waals surface area contributed by atoms with Gasteiger partial charge in [0.05, 0.1) is 11.6 Å². The Morgan fingerprint density at radius 2 is 1.96 bits per heavy atom. The Labute approximate surface area is 155 Å². The van der Waals surface area contributed by atoms with Crippen LogP contribution in [0, 0.1) is 6.92 Å². The number of amides is 1. The number of carbonyl (C=O) groups is 1. The zero-order valence-electron chi connectivity index (χ0n) is 13.6. The van der Waals surface area contributed by atoms with Crippen molar-refractivity contribution in [1.82, 2.24) is 5.32 Å². The summed E-state index contributed by atoms with van der Waals surface area (Å²) < 4.78 is 11.5. The van der Waals surface area contributed by atoms with Gasteiger partial charge in [0, 0.05) is 11.6 Å². The van der Waals surface area contributed by atoms with Crippen molar-refractivity contribution in [2.24, 2.45) is 0 Å². The van der Waals surface area contributed by atoms with Crippen LogP contribution < -0.4 is 14.8 Å². The lowest BCUT2D eigenvalue weighted by atomic mass is 10.1. The summed E-state index contributed by atoms with van der Waals surface area (Å²) in [4.78, 5) is 11.9. The highest BCUT2D eigenvalue weighted by atomic mass is 79.9. The number of methoxy groups -OCH3 is 1. The van der Waals surface area contributed by atoms with Crippen LogP contribution in [-0.2, 0) is 11.2 Å². The lowest BCUT2D eigenvalue weighted by Crippen LogP contribution is -2.30. The van der Waals surface area contributed by atoms with E-state index in [1.807, 2.05) is 19.1 Å². The molecule has 0 aromatic heterocycles. The Bertz CT molecular complexity index is 721. The molecule has 0 saturated heterocycles. The van der Waals surface area contributed by atoms with E-state index in [1.54, 1.807) is 25.3 Å². The average molecular weight is 413 g/mol. The van der Waals surface area contributed by atoms with Crippen molar-refractivity contribution in [2.45, 2.75) is 13.3 Å². The highest BCUT2D eigenvalue weighted by Gasteiger charge is 2.07. The number of nitrogens with one attached hydrogen (secondary N) is 1. The number of carbonyl (C=O) groups excluding carboxylic acids is 1. The van der Waals surface area contributed by atoms with E-state index in [1.165, 1.54) is 0 Å². The van der Waals surface area contributed by atoms with E-state index in [0.717, 1.165) is 16.9 Å². The topological polar surface area (TPSA) is 47.6 Å². The zero-order valence-corrected chi connectivity index (χ0v) is 15.9. The van der Waals surface area contributed by atoms with E-state index >= 15 is 0 Å². The molecule has 24 heavy (non-hydrogen) atoms. The van der Waals surface area contributed by atoms with Gasteiger partial charge >= 0.3 is 0 Å². The number of benzene rings is 2. The molecule has 2 rings (SSSR count). The number of halogens is 2. The molecule has 1 amide bonds. The van der Waals surface area contributed by atoms with Crippen LogP contribution >= 0.6 is 27.5 Å². The molecule has 1 N–H and O–H groups in total. The molecule has 0 spiro atoms. The molecular weight excluding hydrogens is 394 g/mol. The van der Waals surface area contributed by atoms with Crippen molar-refractivity contribution < 1.29 is 14.3 Å². The minimum Gasteiger partial charge on any atom is -0.496 e. The van der Waals surface area contributed by atoms with Gasteiger partial charge in [-0.2, -0.15) is 0 Å². The number of hydrogen-bond donors (Lipinski definition) is 1. The second-order valence-electron chi connectivity index (χ2n) is 5.28. The van der Waals surface area contributed by atoms with Gasteiger partial charge in [-0.25, -0.2) is 0 Å². The number of aryl methyl sites for hydroxylation is 1. The minimum atomic E-state index is -0.177. The minimum absolute atomic E-state index is 0.0504. The van der Waals surface area contributed by atoms with Crippen molar-refractivity contribution in [3.63, 3.8) is 0 Å². The maximum atomic E-state index is 11.9. The second-order valence-corrected chi connectivity index (χ2v) is 6.57. The highest BCUT2D eigenvalue weighted by Crippen LogP contribution is 2.27. The molecule has 4 nitrogen and oxygen atoms in total. The van der Waals surface area contributed by atoms with Crippen molar-refractivity contribution in [3.05, 3.63) is 57.0 Å². The fourth-order valence-corrected chi connectivity index (χ4v) is 3.02. The van der Waals surface area contributed by atoms with Gasteiger partial charge in [0.1, 0.15) is 11.5 Å². The summed E-state index contributed by atoms with van der Waals surface area (Å²) in [6.45, 7) is 2.49. The van der Waals surface area contributed by atoms with E-state index < -0.39 is 0 Å². The average Bonchev–Trinajstić information content (AvgIpc) is 2.54. The molecular formula is C18H19BrClNO3. The van der Waals surface area contributed by atoms with Gasteiger partial charge < -0.3 is 14.8 Å². The molecule has 0 aliphatic carbocycles. The molecule has 0 heterocycles. The number of rotatable bonds is 7. The fourth-order valence-electron chi connectivity index (χ4n) is 2.23. The summed E-state index contributed by atoms with van der Waals surface area (Å²) in [6.07, 6.45) is 0.696. The Morgan fingerprint density at radius 3 is 2.67 bits per heavy atom. The molecule has 0 radical (unpaired) electrons. The van der Waals surface area contributed by atoms with Gasteiger partial charge in [0.2, 0.25) is 0 Å². The maximum Gasteiger partial charge on any atom is 0.257 e. The predicted molar refractivity (Wildman–Crippen MR) is 99.1 cm³/mol. The summed E-state index contributed by atoms with van der Waals surface area (Å²) in [7, 11) is 1.64. The molecule has 0 aliphatic rings. The SMILES string of the molecule is COc1ccc(C)cc1CCNC(=O)COc1ccc(Cl)cc1Br. The first-order chi connectivity index (χ1) is 11.5. The third-order valence-corrected chi connectivity index (χ3v) is 4.26. The Balaban J connectivity index is 1.80. The Morgan fingerprint density at radius 1 is 1.21 bits per heavy atom. The highest BCUT2D eigenvalue weighted by molar-refractivity contribution is 9.10. The standard InChI is InChI=1S/C18H19BrClNO3/c1-12-3-5-16(23-2)13(9-12)7-8-21-18(22)11-24-17-6-4-14(20)10-15(17)19/h3-6,9-10H,7-8,11H2,1-2H3,(H,21,22). The summed E-state index contributed by atoms with van der Waals surface area (Å²) in [5, 5.41) is 3.44. The van der Waals surface area contributed by atoms with Crippen molar-refractivity contribution in [3.8, 4) is 11.5 Å². The van der Waals surface area contributed by atoms with Gasteiger partial charge in [-0.3, -0.25) is 4.79 Å². The van der Waals surface area contributed by atoms with Gasteiger partial charge in [-0.1, -0.05) is 29.3 Å². The molecule has 0 fully saturated rings. The Kier molecular flexibility index (Phi) is 6.94. The van der Waals surface area contributed by atoms with E-state index in [4.69, 9.17) is 21.1 Å². The number of ether oxygens (including phenoxy) is 2. The van der Waals surface area contributed by atoms with E-state index in [-0.39, 0.29) is 12.5 Å². The van der Waals surface area contributed by atoms with Crippen molar-refractivity contribution >= 4 is 33.4 Å². The van der Waals surface area contributed by atoms with Crippen LogP contribution in [0.15, 0.2) is 40.9 Å². The van der Waals surface area contributed by atoms with Crippen molar-refractivity contribution in [1.29, 1.82) is 0 Å². The third-order valence-electron chi connectivity index (χ3n) is 3.41. The van der Waals surface area contributed by atoms with Crippen LogP contribution in [0.3, 0.4) is 0 Å². The molecule has 2 aromatic rings. The first-order valence-corrected chi connectivity index (χ1v) is 8.64. The maximum absolute atomic E-state index is 11.9. The number of hydrogen-bond acceptors (Lipinski definition) is 3. The molecule has 128 valence electrons. The molecule has 6 heteroatoms. The quantitative estimate of drug-likeness (QED) is 0.743. The van der Waals surface area contributed by atoms with Crippen LogP contribution in [-0.4, -0.2) is 26.2 Å². The monoisotopic (exact) mass is 411 g/mol. The normalized spacial score (nSPS) is 10.3. The van der Waals surface area contributed by atoms with Crippen LogP contribution in [0.2, 0.25) is 5.02 Å². The molecule has 0 bridgehead atoms. The summed E-state index contributed by atoms with van der Waals surface area (Å²) >= 11 is 9.22. The van der Waals surface area contributed by atoms with Crippen LogP contribution in [0.25, 0.3) is 0 Å². The smallest absolute Gasteiger partial charge is 0.257 e. The van der Waals surface area contributed by atoms with E-state index in [0.29, 0.717) is 28.2 Å². The lowest BCUT2D eigenvalue weighted by molar-refractivity contribution is -0.123. The van der Waals surface area contributed by atoms with Crippen molar-refractivity contribution in [2.75, 3.05) is 20.3 Å².